The van der Waals surface area contributed by atoms with E-state index in [4.69, 9.17) is 14.3 Å². The number of amides is 1. The SMILES string of the molecule is CON(C)C(=O)C[C@H]1C[C@@H](CS(=O)(=O)c2nnnn2-c2ccccc2)OCC(C)(C)CO1. The van der Waals surface area contributed by atoms with E-state index in [1.54, 1.807) is 24.3 Å². The number of tetrazole rings is 1. The van der Waals surface area contributed by atoms with E-state index in [-0.39, 0.29) is 35.1 Å². The van der Waals surface area contributed by atoms with Gasteiger partial charge in [-0.05, 0) is 22.6 Å². The van der Waals surface area contributed by atoms with Crippen LogP contribution in [-0.2, 0) is 28.9 Å². The number of rotatable bonds is 7. The molecule has 1 fully saturated rings. The number of sulfone groups is 1. The van der Waals surface area contributed by atoms with Crippen LogP contribution in [0, 0.1) is 5.41 Å². The predicted octanol–water partition coefficient (Wildman–Crippen LogP) is 1.05. The maximum absolute atomic E-state index is 13.2. The van der Waals surface area contributed by atoms with E-state index in [1.165, 1.54) is 18.8 Å². The average molecular weight is 468 g/mol. The molecule has 0 unspecified atom stereocenters. The first-order chi connectivity index (χ1) is 15.1. The van der Waals surface area contributed by atoms with Crippen LogP contribution in [0.15, 0.2) is 35.5 Å². The van der Waals surface area contributed by atoms with Crippen LogP contribution in [0.3, 0.4) is 0 Å². The van der Waals surface area contributed by atoms with Gasteiger partial charge in [0.15, 0.2) is 0 Å². The van der Waals surface area contributed by atoms with Gasteiger partial charge in [0, 0.05) is 18.9 Å². The fraction of sp³-hybridized carbons (Fsp3) is 0.600. The minimum absolute atomic E-state index is 0.0437. The molecule has 11 nitrogen and oxygen atoms in total. The van der Waals surface area contributed by atoms with Crippen molar-refractivity contribution < 1.29 is 27.5 Å². The molecule has 1 aromatic carbocycles. The number of hydroxylamine groups is 2. The summed E-state index contributed by atoms with van der Waals surface area (Å²) in [7, 11) is -0.998. The number of hydrogen-bond acceptors (Lipinski definition) is 9. The van der Waals surface area contributed by atoms with Gasteiger partial charge in [-0.1, -0.05) is 37.1 Å². The van der Waals surface area contributed by atoms with E-state index in [1.807, 2.05) is 19.9 Å². The van der Waals surface area contributed by atoms with Crippen molar-refractivity contribution in [2.24, 2.45) is 5.41 Å². The largest absolute Gasteiger partial charge is 0.377 e. The van der Waals surface area contributed by atoms with Crippen molar-refractivity contribution in [3.63, 3.8) is 0 Å². The second-order valence-corrected chi connectivity index (χ2v) is 10.5. The number of carbonyl (C=O) groups is 1. The molecule has 2 heterocycles. The molecule has 3 rings (SSSR count). The van der Waals surface area contributed by atoms with Crippen molar-refractivity contribution in [2.75, 3.05) is 33.1 Å². The molecule has 0 bridgehead atoms. The highest BCUT2D eigenvalue weighted by Gasteiger charge is 2.34. The number of para-hydroxylation sites is 1. The summed E-state index contributed by atoms with van der Waals surface area (Å²) >= 11 is 0. The maximum atomic E-state index is 13.2. The first kappa shape index (κ1) is 24.2. The zero-order valence-corrected chi connectivity index (χ0v) is 19.5. The molecule has 1 amide bonds. The zero-order chi connectivity index (χ0) is 23.4. The fourth-order valence-corrected chi connectivity index (χ4v) is 4.70. The van der Waals surface area contributed by atoms with Crippen molar-refractivity contribution in [3.8, 4) is 5.69 Å². The summed E-state index contributed by atoms with van der Waals surface area (Å²) in [6.45, 7) is 4.61. The molecule has 0 saturated carbocycles. The quantitative estimate of drug-likeness (QED) is 0.549. The lowest BCUT2D eigenvalue weighted by molar-refractivity contribution is -0.174. The highest BCUT2D eigenvalue weighted by atomic mass is 32.2. The van der Waals surface area contributed by atoms with Gasteiger partial charge < -0.3 is 9.47 Å². The molecule has 1 aliphatic heterocycles. The van der Waals surface area contributed by atoms with Gasteiger partial charge in [0.05, 0.1) is 50.4 Å². The van der Waals surface area contributed by atoms with Crippen molar-refractivity contribution in [2.45, 2.75) is 44.1 Å². The second-order valence-electron chi connectivity index (χ2n) is 8.53. The topological polar surface area (TPSA) is 126 Å². The van der Waals surface area contributed by atoms with Crippen LogP contribution in [0.5, 0.6) is 0 Å². The third kappa shape index (κ3) is 6.09. The Morgan fingerprint density at radius 1 is 1.22 bits per heavy atom. The summed E-state index contributed by atoms with van der Waals surface area (Å²) < 4.78 is 39.6. The molecule has 0 radical (unpaired) electrons. The van der Waals surface area contributed by atoms with E-state index in [2.05, 4.69) is 15.5 Å². The van der Waals surface area contributed by atoms with Crippen LogP contribution in [0.4, 0.5) is 0 Å². The molecule has 176 valence electrons. The fourth-order valence-electron chi connectivity index (χ4n) is 3.26. The number of benzene rings is 1. The Labute approximate surface area is 187 Å². The van der Waals surface area contributed by atoms with E-state index in [9.17, 15) is 13.2 Å². The van der Waals surface area contributed by atoms with Crippen LogP contribution in [0.25, 0.3) is 5.69 Å². The van der Waals surface area contributed by atoms with Gasteiger partial charge in [0.25, 0.3) is 5.16 Å². The van der Waals surface area contributed by atoms with Crippen LogP contribution in [0.1, 0.15) is 26.7 Å². The van der Waals surface area contributed by atoms with Crippen LogP contribution >= 0.6 is 0 Å². The molecule has 1 saturated heterocycles. The minimum Gasteiger partial charge on any atom is -0.377 e. The molecular weight excluding hydrogens is 438 g/mol. The normalized spacial score (nSPS) is 21.5. The Kier molecular flexibility index (Phi) is 7.59. The summed E-state index contributed by atoms with van der Waals surface area (Å²) in [5.41, 5.74) is 0.188. The summed E-state index contributed by atoms with van der Waals surface area (Å²) in [4.78, 5) is 17.3. The molecular formula is C20H29N5O6S. The highest BCUT2D eigenvalue weighted by molar-refractivity contribution is 7.91. The standard InChI is InChI=1S/C20H29N5O6S/c1-20(2)13-30-16(11-18(26)24(3)29-4)10-17(31-14-20)12-32(27,28)19-21-22-23-25(19)15-8-6-5-7-9-15/h5-9,16-17H,10-14H2,1-4H3/t16-,17+/m1/s1. The van der Waals surface area contributed by atoms with E-state index < -0.39 is 22.0 Å². The van der Waals surface area contributed by atoms with Crippen molar-refractivity contribution >= 4 is 15.7 Å². The average Bonchev–Trinajstić information content (AvgIpc) is 3.26. The molecule has 2 atom stereocenters. The third-order valence-corrected chi connectivity index (χ3v) is 6.72. The minimum atomic E-state index is -3.91. The summed E-state index contributed by atoms with van der Waals surface area (Å²) in [5, 5.41) is 12.0. The molecule has 1 aliphatic rings. The van der Waals surface area contributed by atoms with Gasteiger partial charge >= 0.3 is 0 Å². The summed E-state index contributed by atoms with van der Waals surface area (Å²) in [6.07, 6.45) is -0.954. The Bertz CT molecular complexity index is 1010. The first-order valence-corrected chi connectivity index (χ1v) is 11.9. The monoisotopic (exact) mass is 467 g/mol. The lowest BCUT2D eigenvalue weighted by Crippen LogP contribution is -2.41. The maximum Gasteiger partial charge on any atom is 0.272 e. The van der Waals surface area contributed by atoms with Gasteiger partial charge in [0.2, 0.25) is 15.7 Å². The van der Waals surface area contributed by atoms with Crippen LogP contribution in [-0.4, -0.2) is 84.9 Å². The number of nitrogens with zero attached hydrogens (tertiary/aromatic N) is 5. The van der Waals surface area contributed by atoms with Gasteiger partial charge in [0.1, 0.15) is 0 Å². The molecule has 0 aliphatic carbocycles. The van der Waals surface area contributed by atoms with Gasteiger partial charge in [-0.15, -0.1) is 0 Å². The van der Waals surface area contributed by atoms with E-state index in [0.29, 0.717) is 18.9 Å². The molecule has 0 spiro atoms. The first-order valence-electron chi connectivity index (χ1n) is 10.2. The third-order valence-electron chi connectivity index (χ3n) is 5.10. The number of hydrogen-bond donors (Lipinski definition) is 0. The van der Waals surface area contributed by atoms with Gasteiger partial charge in [-0.3, -0.25) is 9.63 Å². The Hall–Kier alpha value is -2.41. The Balaban J connectivity index is 1.80. The zero-order valence-electron chi connectivity index (χ0n) is 18.7. The van der Waals surface area contributed by atoms with E-state index in [0.717, 1.165) is 5.06 Å². The molecule has 1 aromatic heterocycles. The Morgan fingerprint density at radius 2 is 1.88 bits per heavy atom. The van der Waals surface area contributed by atoms with Gasteiger partial charge in [-0.25, -0.2) is 13.5 Å². The molecule has 2 aromatic rings. The summed E-state index contributed by atoms with van der Waals surface area (Å²) in [5.74, 6) is -0.615. The molecule has 12 heteroatoms. The lowest BCUT2D eigenvalue weighted by atomic mass is 9.95. The predicted molar refractivity (Wildman–Crippen MR) is 113 cm³/mol. The van der Waals surface area contributed by atoms with Gasteiger partial charge in [-0.2, -0.15) is 4.68 Å². The molecule has 32 heavy (non-hydrogen) atoms. The second kappa shape index (κ2) is 10.0. The highest BCUT2D eigenvalue weighted by Crippen LogP contribution is 2.26. The smallest absolute Gasteiger partial charge is 0.272 e. The Morgan fingerprint density at radius 3 is 2.53 bits per heavy atom. The number of ether oxygens (including phenoxy) is 2. The van der Waals surface area contributed by atoms with E-state index >= 15 is 0 Å². The van der Waals surface area contributed by atoms with Crippen LogP contribution in [0.2, 0.25) is 0 Å². The summed E-state index contributed by atoms with van der Waals surface area (Å²) in [6, 6.07) is 8.78. The number of aromatic nitrogens is 4. The number of carbonyl (C=O) groups excluding carboxylic acids is 1. The van der Waals surface area contributed by atoms with Crippen molar-refractivity contribution in [1.29, 1.82) is 0 Å². The molecule has 0 N–H and O–H groups in total. The van der Waals surface area contributed by atoms with Crippen LogP contribution < -0.4 is 0 Å². The van der Waals surface area contributed by atoms with Crippen molar-refractivity contribution in [3.05, 3.63) is 30.3 Å². The van der Waals surface area contributed by atoms with Crippen molar-refractivity contribution in [1.82, 2.24) is 25.3 Å². The lowest BCUT2D eigenvalue weighted by Gasteiger charge is -2.34.